The molecular formula is C16H19NO6. The second kappa shape index (κ2) is 7.73. The second-order valence-corrected chi connectivity index (χ2v) is 5.44. The zero-order valence-corrected chi connectivity index (χ0v) is 12.6. The Labute approximate surface area is 133 Å². The van der Waals surface area contributed by atoms with E-state index in [-0.39, 0.29) is 6.61 Å². The number of rotatable bonds is 6. The van der Waals surface area contributed by atoms with Gasteiger partial charge in [-0.05, 0) is 18.4 Å². The van der Waals surface area contributed by atoms with Gasteiger partial charge in [-0.15, -0.1) is 0 Å². The lowest BCUT2D eigenvalue weighted by molar-refractivity contribution is -0.150. The third-order valence-electron chi connectivity index (χ3n) is 3.82. The van der Waals surface area contributed by atoms with E-state index in [0.29, 0.717) is 19.4 Å². The maximum absolute atomic E-state index is 12.1. The van der Waals surface area contributed by atoms with E-state index in [1.807, 2.05) is 30.3 Å². The molecule has 124 valence electrons. The molecular weight excluding hydrogens is 302 g/mol. The highest BCUT2D eigenvalue weighted by Gasteiger charge is 2.36. The monoisotopic (exact) mass is 321 g/mol. The normalized spacial score (nSPS) is 18.5. The van der Waals surface area contributed by atoms with Gasteiger partial charge in [0.15, 0.2) is 0 Å². The van der Waals surface area contributed by atoms with Crippen molar-refractivity contribution in [3.63, 3.8) is 0 Å². The molecule has 1 aromatic carbocycles. The van der Waals surface area contributed by atoms with Crippen LogP contribution in [0.1, 0.15) is 24.8 Å². The first-order chi connectivity index (χ1) is 11.0. The fraction of sp³-hybridized carbons (Fsp3) is 0.438. The molecule has 7 heteroatoms. The fourth-order valence-corrected chi connectivity index (χ4v) is 2.63. The van der Waals surface area contributed by atoms with Crippen LogP contribution in [0.5, 0.6) is 0 Å². The first-order valence-electron chi connectivity index (χ1n) is 7.40. The van der Waals surface area contributed by atoms with Gasteiger partial charge in [0.2, 0.25) is 5.78 Å². The van der Waals surface area contributed by atoms with Crippen molar-refractivity contribution in [2.45, 2.75) is 38.0 Å². The minimum Gasteiger partial charge on any atom is -0.475 e. The molecule has 0 spiro atoms. The molecule has 2 N–H and O–H groups in total. The van der Waals surface area contributed by atoms with Gasteiger partial charge in [0.05, 0.1) is 12.1 Å². The second-order valence-electron chi connectivity index (χ2n) is 5.44. The molecule has 2 rings (SSSR count). The number of carboxylic acid groups (broad SMARTS) is 1. The number of likely N-dealkylation sites (tertiary alicyclic amines) is 1. The molecule has 2 atom stereocenters. The van der Waals surface area contributed by atoms with E-state index in [1.54, 1.807) is 0 Å². The van der Waals surface area contributed by atoms with E-state index in [9.17, 15) is 19.5 Å². The van der Waals surface area contributed by atoms with Crippen molar-refractivity contribution in [3.8, 4) is 0 Å². The van der Waals surface area contributed by atoms with Gasteiger partial charge in [-0.3, -0.25) is 4.79 Å². The Kier molecular flexibility index (Phi) is 5.70. The molecule has 1 aromatic rings. The predicted octanol–water partition coefficient (Wildman–Crippen LogP) is 1.19. The summed E-state index contributed by atoms with van der Waals surface area (Å²) in [4.78, 5) is 35.3. The Morgan fingerprint density at radius 2 is 1.96 bits per heavy atom. The fourth-order valence-electron chi connectivity index (χ4n) is 2.63. The Hall–Kier alpha value is -2.41. The number of carbonyl (C=O) groups excluding carboxylic acids is 2. The summed E-state index contributed by atoms with van der Waals surface area (Å²) in [5.41, 5.74) is 0.846. The van der Waals surface area contributed by atoms with E-state index in [4.69, 9.17) is 9.84 Å². The van der Waals surface area contributed by atoms with Gasteiger partial charge in [-0.25, -0.2) is 9.59 Å². The van der Waals surface area contributed by atoms with Gasteiger partial charge >= 0.3 is 12.1 Å². The van der Waals surface area contributed by atoms with E-state index in [0.717, 1.165) is 5.56 Å². The first-order valence-corrected chi connectivity index (χ1v) is 7.40. The van der Waals surface area contributed by atoms with E-state index < -0.39 is 36.4 Å². The minimum atomic E-state index is -1.58. The SMILES string of the molecule is O=C(O)C(=O)C[C@H](O)[C@@H]1CCCN1C(=O)OCc1ccccc1. The summed E-state index contributed by atoms with van der Waals surface area (Å²) in [6.45, 7) is 0.531. The summed E-state index contributed by atoms with van der Waals surface area (Å²) in [6.07, 6.45) is -1.11. The van der Waals surface area contributed by atoms with Gasteiger partial charge in [0, 0.05) is 13.0 Å². The summed E-state index contributed by atoms with van der Waals surface area (Å²) in [7, 11) is 0. The number of hydrogen-bond donors (Lipinski definition) is 2. The number of aliphatic carboxylic acids is 1. The number of ether oxygens (including phenoxy) is 1. The molecule has 0 radical (unpaired) electrons. The molecule has 23 heavy (non-hydrogen) atoms. The number of Topliss-reactive ketones (excluding diaryl/α,β-unsaturated/α-hetero) is 1. The number of aliphatic hydroxyl groups is 1. The van der Waals surface area contributed by atoms with Crippen LogP contribution in [-0.2, 0) is 20.9 Å². The van der Waals surface area contributed by atoms with Gasteiger partial charge in [-0.1, -0.05) is 30.3 Å². The lowest BCUT2D eigenvalue weighted by atomic mass is 10.0. The van der Waals surface area contributed by atoms with Crippen molar-refractivity contribution in [1.82, 2.24) is 4.90 Å². The van der Waals surface area contributed by atoms with Crippen LogP contribution in [0.3, 0.4) is 0 Å². The summed E-state index contributed by atoms with van der Waals surface area (Å²) in [5, 5.41) is 18.6. The number of nitrogens with zero attached hydrogens (tertiary/aromatic N) is 1. The molecule has 1 amide bonds. The molecule has 1 aliphatic rings. The van der Waals surface area contributed by atoms with Crippen LogP contribution in [0, 0.1) is 0 Å². The van der Waals surface area contributed by atoms with E-state index >= 15 is 0 Å². The Morgan fingerprint density at radius 3 is 2.61 bits per heavy atom. The quantitative estimate of drug-likeness (QED) is 0.763. The Balaban J connectivity index is 1.91. The van der Waals surface area contributed by atoms with E-state index in [1.165, 1.54) is 4.90 Å². The van der Waals surface area contributed by atoms with Gasteiger partial charge in [0.25, 0.3) is 0 Å². The highest BCUT2D eigenvalue weighted by atomic mass is 16.6. The lowest BCUT2D eigenvalue weighted by Gasteiger charge is -2.27. The maximum Gasteiger partial charge on any atom is 0.410 e. The van der Waals surface area contributed by atoms with Crippen LogP contribution in [0.2, 0.25) is 0 Å². The number of amides is 1. The van der Waals surface area contributed by atoms with Crippen LogP contribution >= 0.6 is 0 Å². The van der Waals surface area contributed by atoms with Crippen molar-refractivity contribution in [2.24, 2.45) is 0 Å². The average Bonchev–Trinajstić information content (AvgIpc) is 3.03. The van der Waals surface area contributed by atoms with Crippen molar-refractivity contribution < 1.29 is 29.3 Å². The molecule has 0 aromatic heterocycles. The van der Waals surface area contributed by atoms with Crippen LogP contribution < -0.4 is 0 Å². The summed E-state index contributed by atoms with van der Waals surface area (Å²) >= 11 is 0. The zero-order valence-electron chi connectivity index (χ0n) is 12.6. The number of ketones is 1. The average molecular weight is 321 g/mol. The third-order valence-corrected chi connectivity index (χ3v) is 3.82. The van der Waals surface area contributed by atoms with Crippen LogP contribution in [0.4, 0.5) is 4.79 Å². The van der Waals surface area contributed by atoms with Crippen LogP contribution in [0.25, 0.3) is 0 Å². The molecule has 1 fully saturated rings. The smallest absolute Gasteiger partial charge is 0.410 e. The molecule has 7 nitrogen and oxygen atoms in total. The largest absolute Gasteiger partial charge is 0.475 e. The highest BCUT2D eigenvalue weighted by Crippen LogP contribution is 2.23. The first kappa shape index (κ1) is 17.0. The molecule has 0 bridgehead atoms. The van der Waals surface area contributed by atoms with Crippen molar-refractivity contribution >= 4 is 17.8 Å². The Morgan fingerprint density at radius 1 is 1.26 bits per heavy atom. The van der Waals surface area contributed by atoms with Gasteiger partial charge < -0.3 is 19.8 Å². The molecule has 0 unspecified atom stereocenters. The number of carboxylic acids is 1. The standard InChI is InChI=1S/C16H19NO6/c18-13(9-14(19)15(20)21)12-7-4-8-17(12)16(22)23-10-11-5-2-1-3-6-11/h1-3,5-6,12-13,18H,4,7-10H2,(H,20,21)/t12-,13-/m0/s1. The van der Waals surface area contributed by atoms with Gasteiger partial charge in [0.1, 0.15) is 6.61 Å². The van der Waals surface area contributed by atoms with Crippen molar-refractivity contribution in [3.05, 3.63) is 35.9 Å². The lowest BCUT2D eigenvalue weighted by Crippen LogP contribution is -2.44. The summed E-state index contributed by atoms with van der Waals surface area (Å²) < 4.78 is 5.22. The number of benzene rings is 1. The third kappa shape index (κ3) is 4.53. The molecule has 1 heterocycles. The van der Waals surface area contributed by atoms with Crippen molar-refractivity contribution in [2.75, 3.05) is 6.54 Å². The molecule has 0 saturated carbocycles. The number of aliphatic hydroxyl groups excluding tert-OH is 1. The molecule has 1 saturated heterocycles. The topological polar surface area (TPSA) is 104 Å². The van der Waals surface area contributed by atoms with E-state index in [2.05, 4.69) is 0 Å². The Bertz CT molecular complexity index is 573. The predicted molar refractivity (Wildman–Crippen MR) is 79.6 cm³/mol. The van der Waals surface area contributed by atoms with Crippen LogP contribution in [0.15, 0.2) is 30.3 Å². The molecule has 1 aliphatic heterocycles. The summed E-state index contributed by atoms with van der Waals surface area (Å²) in [5.74, 6) is -2.65. The van der Waals surface area contributed by atoms with Gasteiger partial charge in [-0.2, -0.15) is 0 Å². The number of carbonyl (C=O) groups is 3. The summed E-state index contributed by atoms with van der Waals surface area (Å²) in [6, 6.07) is 8.59. The molecule has 0 aliphatic carbocycles. The minimum absolute atomic E-state index is 0.118. The maximum atomic E-state index is 12.1. The van der Waals surface area contributed by atoms with Crippen molar-refractivity contribution in [1.29, 1.82) is 0 Å². The zero-order chi connectivity index (χ0) is 16.8. The number of hydrogen-bond acceptors (Lipinski definition) is 5. The van der Waals surface area contributed by atoms with Crippen LogP contribution in [-0.4, -0.2) is 51.6 Å². The highest BCUT2D eigenvalue weighted by molar-refractivity contribution is 6.32.